The van der Waals surface area contributed by atoms with Gasteiger partial charge in [-0.1, -0.05) is 29.8 Å². The fourth-order valence-corrected chi connectivity index (χ4v) is 6.38. The van der Waals surface area contributed by atoms with E-state index >= 15 is 0 Å². The van der Waals surface area contributed by atoms with Gasteiger partial charge in [0.05, 0.1) is 23.6 Å². The first-order valence-corrected chi connectivity index (χ1v) is 14.4. The maximum absolute atomic E-state index is 13.7. The molecule has 2 bridgehead atoms. The van der Waals surface area contributed by atoms with E-state index in [0.717, 1.165) is 24.8 Å². The number of pyridine rings is 1. The summed E-state index contributed by atoms with van der Waals surface area (Å²) >= 11 is 5.97. The lowest BCUT2D eigenvalue weighted by Crippen LogP contribution is -2.52. The quantitative estimate of drug-likeness (QED) is 0.256. The van der Waals surface area contributed by atoms with Crippen molar-refractivity contribution in [3.8, 4) is 6.07 Å². The first-order chi connectivity index (χ1) is 21.2. The molecule has 1 aliphatic heterocycles. The Hall–Kier alpha value is -5.28. The zero-order chi connectivity index (χ0) is 31.0. The van der Waals surface area contributed by atoms with Crippen molar-refractivity contribution in [2.45, 2.75) is 44.3 Å². The Morgan fingerprint density at radius 2 is 1.84 bits per heavy atom. The van der Waals surface area contributed by atoms with Gasteiger partial charge in [0.15, 0.2) is 5.69 Å². The van der Waals surface area contributed by atoms with Crippen LogP contribution < -0.4 is 16.4 Å². The van der Waals surface area contributed by atoms with E-state index in [1.807, 2.05) is 6.07 Å². The summed E-state index contributed by atoms with van der Waals surface area (Å²) in [5.41, 5.74) is 7.72. The normalized spacial score (nSPS) is 18.6. The second-order valence-corrected chi connectivity index (χ2v) is 11.3. The van der Waals surface area contributed by atoms with Gasteiger partial charge in [-0.15, -0.1) is 0 Å². The molecule has 0 unspecified atom stereocenters. The molecule has 0 radical (unpaired) electrons. The number of primary amides is 1. The standard InChI is InChI=1S/C31H27ClN8O4/c32-24-2-1-3-25(36-24)37-31(44)29-19-8-10-21(13-19)40(29)27(42)16-39-23-11-9-20(14-22(23)28(38-39)30(34)43)35-26(41)12-17-4-6-18(15-33)7-5-17/h1-7,9,11,14,19,21,29H,8,10,12-13,16H2,(H2,34,43)(H,35,41)(H,36,37,44)/t19-,21+,29-/m0/s1. The molecule has 222 valence electrons. The molecule has 4 N–H and O–H groups in total. The van der Waals surface area contributed by atoms with Crippen molar-refractivity contribution in [2.75, 3.05) is 10.6 Å². The fourth-order valence-electron chi connectivity index (χ4n) is 6.22. The van der Waals surface area contributed by atoms with Gasteiger partial charge in [0.2, 0.25) is 17.7 Å². The van der Waals surface area contributed by atoms with Crippen LogP contribution in [0.1, 0.15) is 40.9 Å². The number of anilines is 2. The maximum Gasteiger partial charge on any atom is 0.269 e. The van der Waals surface area contributed by atoms with Gasteiger partial charge in [0, 0.05) is 17.1 Å². The number of likely N-dealkylation sites (tertiary alicyclic amines) is 1. The molecular weight excluding hydrogens is 584 g/mol. The monoisotopic (exact) mass is 610 g/mol. The SMILES string of the molecule is N#Cc1ccc(CC(=O)Nc2ccc3c(c2)c(C(N)=O)nn3CC(=O)N2[C@@H]3CC[C@@H](C3)[C@H]2C(=O)Nc2cccc(Cl)n2)cc1. The molecule has 12 nitrogen and oxygen atoms in total. The van der Waals surface area contributed by atoms with Crippen molar-refractivity contribution in [3.05, 3.63) is 82.6 Å². The first-order valence-electron chi connectivity index (χ1n) is 14.0. The predicted molar refractivity (Wildman–Crippen MR) is 161 cm³/mol. The Bertz CT molecular complexity index is 1850. The van der Waals surface area contributed by atoms with E-state index in [1.165, 1.54) is 4.68 Å². The number of aromatic nitrogens is 3. The van der Waals surface area contributed by atoms with E-state index in [2.05, 4.69) is 20.7 Å². The van der Waals surface area contributed by atoms with Crippen molar-refractivity contribution in [1.82, 2.24) is 19.7 Å². The van der Waals surface area contributed by atoms with Crippen LogP contribution in [0.3, 0.4) is 0 Å². The molecule has 3 heterocycles. The average molecular weight is 611 g/mol. The molecule has 44 heavy (non-hydrogen) atoms. The summed E-state index contributed by atoms with van der Waals surface area (Å²) < 4.78 is 1.40. The molecule has 13 heteroatoms. The molecule has 6 rings (SSSR count). The van der Waals surface area contributed by atoms with E-state index in [4.69, 9.17) is 22.6 Å². The highest BCUT2D eigenvalue weighted by Gasteiger charge is 2.51. The lowest BCUT2D eigenvalue weighted by Gasteiger charge is -2.34. The Balaban J connectivity index is 1.20. The van der Waals surface area contributed by atoms with Gasteiger partial charge in [-0.2, -0.15) is 10.4 Å². The molecule has 2 aliphatic rings. The fraction of sp³-hybridized carbons (Fsp3) is 0.258. The number of halogens is 1. The van der Waals surface area contributed by atoms with E-state index in [9.17, 15) is 19.2 Å². The summed E-state index contributed by atoms with van der Waals surface area (Å²) in [7, 11) is 0. The maximum atomic E-state index is 13.7. The van der Waals surface area contributed by atoms with Crippen LogP contribution in [0.15, 0.2) is 60.7 Å². The van der Waals surface area contributed by atoms with Crippen LogP contribution in [0.2, 0.25) is 5.15 Å². The molecule has 2 aromatic heterocycles. The van der Waals surface area contributed by atoms with E-state index < -0.39 is 11.9 Å². The number of fused-ring (bicyclic) bond motifs is 3. The Morgan fingerprint density at radius 3 is 2.57 bits per heavy atom. The van der Waals surface area contributed by atoms with Crippen molar-refractivity contribution in [3.63, 3.8) is 0 Å². The summed E-state index contributed by atoms with van der Waals surface area (Å²) in [6, 6.07) is 17.8. The molecule has 1 saturated carbocycles. The van der Waals surface area contributed by atoms with Crippen LogP contribution in [-0.2, 0) is 27.3 Å². The van der Waals surface area contributed by atoms with Crippen molar-refractivity contribution in [2.24, 2.45) is 11.7 Å². The molecule has 1 saturated heterocycles. The van der Waals surface area contributed by atoms with E-state index in [0.29, 0.717) is 28.0 Å². The highest BCUT2D eigenvalue weighted by molar-refractivity contribution is 6.29. The summed E-state index contributed by atoms with van der Waals surface area (Å²) in [5, 5.41) is 19.5. The van der Waals surface area contributed by atoms with Gasteiger partial charge in [-0.05, 0) is 73.2 Å². The number of hydrogen-bond donors (Lipinski definition) is 3. The van der Waals surface area contributed by atoms with Crippen LogP contribution in [0, 0.1) is 17.2 Å². The molecule has 1 aliphatic carbocycles. The molecule has 2 fully saturated rings. The van der Waals surface area contributed by atoms with Gasteiger partial charge >= 0.3 is 0 Å². The minimum absolute atomic E-state index is 0.0223. The Morgan fingerprint density at radius 1 is 1.05 bits per heavy atom. The van der Waals surface area contributed by atoms with Crippen LogP contribution in [0.4, 0.5) is 11.5 Å². The number of benzene rings is 2. The van der Waals surface area contributed by atoms with Gasteiger partial charge < -0.3 is 21.3 Å². The minimum Gasteiger partial charge on any atom is -0.364 e. The number of nitriles is 1. The van der Waals surface area contributed by atoms with Crippen LogP contribution in [-0.4, -0.2) is 55.4 Å². The highest BCUT2D eigenvalue weighted by Crippen LogP contribution is 2.43. The number of rotatable bonds is 8. The third-order valence-electron chi connectivity index (χ3n) is 8.11. The molecular formula is C31H27ClN8O4. The number of amides is 4. The topological polar surface area (TPSA) is 176 Å². The minimum atomic E-state index is -0.784. The molecule has 0 spiro atoms. The van der Waals surface area contributed by atoms with Crippen LogP contribution in [0.5, 0.6) is 0 Å². The second kappa shape index (κ2) is 11.8. The molecule has 4 aromatic rings. The summed E-state index contributed by atoms with van der Waals surface area (Å²) in [5.74, 6) is -1.38. The highest BCUT2D eigenvalue weighted by atomic mass is 35.5. The second-order valence-electron chi connectivity index (χ2n) is 10.9. The van der Waals surface area contributed by atoms with Crippen molar-refractivity contribution < 1.29 is 19.2 Å². The van der Waals surface area contributed by atoms with Gasteiger partial charge in [-0.25, -0.2) is 4.98 Å². The van der Waals surface area contributed by atoms with Crippen LogP contribution >= 0.6 is 11.6 Å². The third-order valence-corrected chi connectivity index (χ3v) is 8.32. The Labute approximate surface area is 256 Å². The average Bonchev–Trinajstić information content (AvgIpc) is 3.71. The van der Waals surface area contributed by atoms with Crippen molar-refractivity contribution >= 4 is 57.6 Å². The third kappa shape index (κ3) is 5.69. The zero-order valence-corrected chi connectivity index (χ0v) is 24.1. The molecule has 2 aromatic carbocycles. The Kier molecular flexibility index (Phi) is 7.71. The van der Waals surface area contributed by atoms with Gasteiger partial charge in [0.25, 0.3) is 5.91 Å². The number of piperidine rings is 1. The lowest BCUT2D eigenvalue weighted by molar-refractivity contribution is -0.141. The number of nitrogens with zero attached hydrogens (tertiary/aromatic N) is 5. The largest absolute Gasteiger partial charge is 0.364 e. The van der Waals surface area contributed by atoms with Crippen LogP contribution in [0.25, 0.3) is 10.9 Å². The summed E-state index contributed by atoms with van der Waals surface area (Å²) in [6.45, 7) is -0.212. The van der Waals surface area contributed by atoms with Crippen molar-refractivity contribution in [1.29, 1.82) is 5.26 Å². The van der Waals surface area contributed by atoms with E-state index in [-0.39, 0.29) is 53.5 Å². The summed E-state index contributed by atoms with van der Waals surface area (Å²) in [4.78, 5) is 57.8. The zero-order valence-electron chi connectivity index (χ0n) is 23.4. The van der Waals surface area contributed by atoms with Gasteiger partial charge in [0.1, 0.15) is 23.6 Å². The van der Waals surface area contributed by atoms with E-state index in [1.54, 1.807) is 65.6 Å². The predicted octanol–water partition coefficient (Wildman–Crippen LogP) is 3.25. The number of carbonyl (C=O) groups excluding carboxylic acids is 4. The number of nitrogens with one attached hydrogen (secondary N) is 2. The molecule has 4 amide bonds. The first kappa shape index (κ1) is 28.8. The summed E-state index contributed by atoms with van der Waals surface area (Å²) in [6.07, 6.45) is 2.45. The molecule has 3 atom stereocenters. The smallest absolute Gasteiger partial charge is 0.269 e. The van der Waals surface area contributed by atoms with Gasteiger partial charge in [-0.3, -0.25) is 23.9 Å². The lowest BCUT2D eigenvalue weighted by atomic mass is 9.97. The number of hydrogen-bond acceptors (Lipinski definition) is 7. The number of nitrogens with two attached hydrogens (primary N) is 1. The number of carbonyl (C=O) groups is 4.